The number of carbonyl (C=O) groups excluding carboxylic acids is 1. The Morgan fingerprint density at radius 2 is 2.40 bits per heavy atom. The number of cyclic esters (lactones) is 1. The Morgan fingerprint density at radius 3 is 3.15 bits per heavy atom. The van der Waals surface area contributed by atoms with Crippen LogP contribution in [0.2, 0.25) is 0 Å². The van der Waals surface area contributed by atoms with E-state index in [9.17, 15) is 4.79 Å². The predicted molar refractivity (Wildman–Crippen MR) is 75.1 cm³/mol. The Bertz CT molecular complexity index is 570. The van der Waals surface area contributed by atoms with Gasteiger partial charge in [-0.3, -0.25) is 0 Å². The van der Waals surface area contributed by atoms with Gasteiger partial charge in [0.05, 0.1) is 13.0 Å². The number of nitrogens with zero attached hydrogens (tertiary/aromatic N) is 3. The summed E-state index contributed by atoms with van der Waals surface area (Å²) in [6, 6.07) is 4.04. The number of hydrogen-bond donors (Lipinski definition) is 0. The summed E-state index contributed by atoms with van der Waals surface area (Å²) in [7, 11) is 0. The molecule has 0 aromatic carbocycles. The van der Waals surface area contributed by atoms with Crippen LogP contribution in [0.1, 0.15) is 10.8 Å². The molecule has 0 N–H and O–H groups in total. The normalized spacial score (nSPS) is 14.8. The molecule has 8 heteroatoms. The van der Waals surface area contributed by atoms with Crippen molar-refractivity contribution >= 4 is 29.2 Å². The maximum Gasteiger partial charge on any atom is 0.409 e. The van der Waals surface area contributed by atoms with Gasteiger partial charge in [-0.1, -0.05) is 17.8 Å². The lowest BCUT2D eigenvalue weighted by atomic mass is 10.3. The molecule has 2 aromatic heterocycles. The molecule has 3 rings (SSSR count). The number of ether oxygens (including phenoxy) is 1. The van der Waals surface area contributed by atoms with Crippen LogP contribution in [0.3, 0.4) is 0 Å². The molecular weight excluding hydrogens is 298 g/mol. The van der Waals surface area contributed by atoms with E-state index in [2.05, 4.69) is 10.2 Å². The van der Waals surface area contributed by atoms with Crippen molar-refractivity contribution in [2.24, 2.45) is 0 Å². The molecule has 0 spiro atoms. The second-order valence-corrected chi connectivity index (χ2v) is 6.25. The van der Waals surface area contributed by atoms with Crippen LogP contribution < -0.4 is 0 Å². The maximum atomic E-state index is 11.2. The molecule has 1 saturated heterocycles. The highest BCUT2D eigenvalue weighted by Gasteiger charge is 2.21. The Kier molecular flexibility index (Phi) is 4.22. The molecule has 2 aromatic rings. The quantitative estimate of drug-likeness (QED) is 0.762. The fourth-order valence-corrected chi connectivity index (χ4v) is 3.24. The summed E-state index contributed by atoms with van der Waals surface area (Å²) >= 11 is 3.13. The molecule has 6 nitrogen and oxygen atoms in total. The zero-order valence-electron chi connectivity index (χ0n) is 10.7. The number of thioether (sulfide) groups is 1. The second-order valence-electron chi connectivity index (χ2n) is 4.17. The van der Waals surface area contributed by atoms with Gasteiger partial charge in [0.15, 0.2) is 0 Å². The molecule has 0 bridgehead atoms. The van der Waals surface area contributed by atoms with E-state index in [1.54, 1.807) is 16.2 Å². The number of aromatic nitrogens is 2. The van der Waals surface area contributed by atoms with Crippen LogP contribution in [-0.4, -0.2) is 46.6 Å². The van der Waals surface area contributed by atoms with Crippen molar-refractivity contribution in [1.82, 2.24) is 15.1 Å². The van der Waals surface area contributed by atoms with E-state index in [1.165, 1.54) is 16.6 Å². The first kappa shape index (κ1) is 13.4. The molecule has 0 aliphatic carbocycles. The predicted octanol–water partition coefficient (Wildman–Crippen LogP) is 2.27. The monoisotopic (exact) mass is 311 g/mol. The molecule has 1 aliphatic heterocycles. The van der Waals surface area contributed by atoms with E-state index in [0.29, 0.717) is 37.2 Å². The molecule has 0 radical (unpaired) electrons. The van der Waals surface area contributed by atoms with Gasteiger partial charge < -0.3 is 14.1 Å². The first-order valence-corrected chi connectivity index (χ1v) is 8.07. The summed E-state index contributed by atoms with van der Waals surface area (Å²) in [6.07, 6.45) is 0.429. The van der Waals surface area contributed by atoms with Gasteiger partial charge in [0.25, 0.3) is 5.22 Å². The molecule has 3 heterocycles. The molecule has 0 atom stereocenters. The molecule has 1 amide bonds. The number of rotatable bonds is 6. The maximum absolute atomic E-state index is 11.2. The van der Waals surface area contributed by atoms with Crippen LogP contribution in [0.25, 0.3) is 0 Å². The average molecular weight is 311 g/mol. The van der Waals surface area contributed by atoms with E-state index >= 15 is 0 Å². The Labute approximate surface area is 124 Å². The van der Waals surface area contributed by atoms with Crippen molar-refractivity contribution in [3.63, 3.8) is 0 Å². The highest BCUT2D eigenvalue weighted by molar-refractivity contribution is 7.99. The summed E-state index contributed by atoms with van der Waals surface area (Å²) in [5.41, 5.74) is 0. The number of amides is 1. The average Bonchev–Trinajstić information content (AvgIpc) is 3.15. The van der Waals surface area contributed by atoms with Crippen molar-refractivity contribution in [2.75, 3.05) is 25.4 Å². The topological polar surface area (TPSA) is 68.5 Å². The zero-order chi connectivity index (χ0) is 13.8. The lowest BCUT2D eigenvalue weighted by Gasteiger charge is -2.10. The molecule has 20 heavy (non-hydrogen) atoms. The molecule has 106 valence electrons. The van der Waals surface area contributed by atoms with Crippen molar-refractivity contribution in [2.45, 2.75) is 11.6 Å². The minimum Gasteiger partial charge on any atom is -0.448 e. The van der Waals surface area contributed by atoms with Crippen molar-refractivity contribution < 1.29 is 13.9 Å². The summed E-state index contributed by atoms with van der Waals surface area (Å²) in [6.45, 7) is 1.77. The van der Waals surface area contributed by atoms with Gasteiger partial charge in [-0.25, -0.2) is 4.79 Å². The zero-order valence-corrected chi connectivity index (χ0v) is 12.3. The summed E-state index contributed by atoms with van der Waals surface area (Å²) in [5, 5.41) is 10.6. The number of hydrogen-bond acceptors (Lipinski definition) is 7. The first-order chi connectivity index (χ1) is 9.81. The van der Waals surface area contributed by atoms with Gasteiger partial charge in [-0.05, 0) is 11.4 Å². The van der Waals surface area contributed by atoms with Crippen LogP contribution in [-0.2, 0) is 11.2 Å². The Morgan fingerprint density at radius 1 is 1.45 bits per heavy atom. The van der Waals surface area contributed by atoms with E-state index in [4.69, 9.17) is 9.15 Å². The van der Waals surface area contributed by atoms with Crippen LogP contribution >= 0.6 is 23.1 Å². The van der Waals surface area contributed by atoms with Crippen molar-refractivity contribution in [1.29, 1.82) is 0 Å². The highest BCUT2D eigenvalue weighted by Crippen LogP contribution is 2.19. The van der Waals surface area contributed by atoms with Crippen molar-refractivity contribution in [3.8, 4) is 0 Å². The molecular formula is C12H13N3O3S2. The van der Waals surface area contributed by atoms with E-state index in [0.717, 1.165) is 5.75 Å². The third kappa shape index (κ3) is 3.31. The minimum atomic E-state index is -0.241. The Hall–Kier alpha value is -1.54. The van der Waals surface area contributed by atoms with Crippen LogP contribution in [0.4, 0.5) is 4.79 Å². The van der Waals surface area contributed by atoms with E-state index < -0.39 is 0 Å². The largest absolute Gasteiger partial charge is 0.448 e. The SMILES string of the molecule is O=C1OCCN1CCSc1nnc(Cc2cccs2)o1. The van der Waals surface area contributed by atoms with Crippen LogP contribution in [0, 0.1) is 0 Å². The van der Waals surface area contributed by atoms with Crippen LogP contribution in [0.15, 0.2) is 27.2 Å². The highest BCUT2D eigenvalue weighted by atomic mass is 32.2. The third-order valence-corrected chi connectivity index (χ3v) is 4.46. The van der Waals surface area contributed by atoms with E-state index in [1.807, 2.05) is 17.5 Å². The first-order valence-electron chi connectivity index (χ1n) is 6.20. The van der Waals surface area contributed by atoms with Crippen molar-refractivity contribution in [3.05, 3.63) is 28.3 Å². The minimum absolute atomic E-state index is 0.241. The fraction of sp³-hybridized carbons (Fsp3) is 0.417. The molecule has 0 saturated carbocycles. The molecule has 0 unspecified atom stereocenters. The molecule has 1 aliphatic rings. The van der Waals surface area contributed by atoms with Gasteiger partial charge in [0.1, 0.15) is 6.61 Å². The molecule has 1 fully saturated rings. The standard InChI is InChI=1S/C12H13N3O3S2/c16-12-15(3-5-17-12)4-7-20-11-14-13-10(18-11)8-9-2-1-6-19-9/h1-2,6H,3-5,7-8H2. The van der Waals surface area contributed by atoms with Gasteiger partial charge in [-0.15, -0.1) is 21.5 Å². The summed E-state index contributed by atoms with van der Waals surface area (Å²) in [4.78, 5) is 14.1. The van der Waals surface area contributed by atoms with Gasteiger partial charge >= 0.3 is 6.09 Å². The van der Waals surface area contributed by atoms with Gasteiger partial charge in [-0.2, -0.15) is 0 Å². The Balaban J connectivity index is 1.46. The lowest BCUT2D eigenvalue weighted by Crippen LogP contribution is -2.26. The van der Waals surface area contributed by atoms with Gasteiger partial charge in [0, 0.05) is 17.2 Å². The third-order valence-electron chi connectivity index (χ3n) is 2.79. The fourth-order valence-electron chi connectivity index (χ4n) is 1.80. The lowest BCUT2D eigenvalue weighted by molar-refractivity contribution is 0.160. The number of carbonyl (C=O) groups is 1. The van der Waals surface area contributed by atoms with Gasteiger partial charge in [0.2, 0.25) is 5.89 Å². The van der Waals surface area contributed by atoms with E-state index in [-0.39, 0.29) is 6.09 Å². The smallest absolute Gasteiger partial charge is 0.409 e. The summed E-state index contributed by atoms with van der Waals surface area (Å²) in [5.74, 6) is 1.34. The number of thiophene rings is 1. The van der Waals surface area contributed by atoms with Crippen LogP contribution in [0.5, 0.6) is 0 Å². The summed E-state index contributed by atoms with van der Waals surface area (Å²) < 4.78 is 10.4. The second kappa shape index (κ2) is 6.27.